The van der Waals surface area contributed by atoms with E-state index in [0.717, 1.165) is 37.2 Å². The second-order valence-corrected chi connectivity index (χ2v) is 6.94. The van der Waals surface area contributed by atoms with Crippen molar-refractivity contribution in [2.24, 2.45) is 0 Å². The minimum absolute atomic E-state index is 0.105. The summed E-state index contributed by atoms with van der Waals surface area (Å²) in [6.45, 7) is 2.66. The number of rotatable bonds is 3. The summed E-state index contributed by atoms with van der Waals surface area (Å²) in [6, 6.07) is 9.88. The van der Waals surface area contributed by atoms with E-state index in [1.165, 1.54) is 12.1 Å². The van der Waals surface area contributed by atoms with E-state index in [9.17, 15) is 14.0 Å². The van der Waals surface area contributed by atoms with Gasteiger partial charge in [0.15, 0.2) is 0 Å². The number of likely N-dealkylation sites (tertiary alicyclic amines) is 1. The highest BCUT2D eigenvalue weighted by molar-refractivity contribution is 5.97. The van der Waals surface area contributed by atoms with Gasteiger partial charge in [-0.25, -0.2) is 4.39 Å². The SMILES string of the molecule is O=C(CC(=O)N1CCn2cccc2[C@H]1c1cccc(F)c1)N1CCCC1. The van der Waals surface area contributed by atoms with Crippen LogP contribution >= 0.6 is 0 Å². The fourth-order valence-corrected chi connectivity index (χ4v) is 3.99. The summed E-state index contributed by atoms with van der Waals surface area (Å²) in [4.78, 5) is 28.8. The predicted molar refractivity (Wildman–Crippen MR) is 94.8 cm³/mol. The number of amides is 2. The third-order valence-electron chi connectivity index (χ3n) is 5.28. The molecule has 2 aromatic rings. The molecule has 26 heavy (non-hydrogen) atoms. The molecular formula is C20H22FN3O2. The summed E-state index contributed by atoms with van der Waals surface area (Å²) in [7, 11) is 0. The van der Waals surface area contributed by atoms with E-state index in [0.29, 0.717) is 13.1 Å². The van der Waals surface area contributed by atoms with Crippen molar-refractivity contribution in [3.8, 4) is 0 Å². The van der Waals surface area contributed by atoms with Crippen molar-refractivity contribution < 1.29 is 14.0 Å². The standard InChI is InChI=1S/C20H22FN3O2/c21-16-6-3-5-15(13-16)20-17-7-4-10-22(17)11-12-24(20)19(26)14-18(25)23-8-1-2-9-23/h3-7,10,13,20H,1-2,8-9,11-12,14H2/t20-/m1/s1. The summed E-state index contributed by atoms with van der Waals surface area (Å²) in [5.74, 6) is -0.623. The van der Waals surface area contributed by atoms with Gasteiger partial charge in [-0.15, -0.1) is 0 Å². The van der Waals surface area contributed by atoms with Crippen molar-refractivity contribution in [3.63, 3.8) is 0 Å². The Morgan fingerprint density at radius 2 is 1.81 bits per heavy atom. The summed E-state index contributed by atoms with van der Waals surface area (Å²) < 4.78 is 15.9. The van der Waals surface area contributed by atoms with Gasteiger partial charge >= 0.3 is 0 Å². The molecule has 0 aliphatic carbocycles. The molecule has 1 saturated heterocycles. The van der Waals surface area contributed by atoms with Crippen molar-refractivity contribution in [2.45, 2.75) is 31.8 Å². The van der Waals surface area contributed by atoms with Gasteiger partial charge in [-0.2, -0.15) is 0 Å². The molecule has 0 unspecified atom stereocenters. The van der Waals surface area contributed by atoms with Crippen LogP contribution in [0.15, 0.2) is 42.6 Å². The number of nitrogens with zero attached hydrogens (tertiary/aromatic N) is 3. The van der Waals surface area contributed by atoms with Crippen LogP contribution in [0.25, 0.3) is 0 Å². The average Bonchev–Trinajstić information content (AvgIpc) is 3.32. The zero-order valence-corrected chi connectivity index (χ0v) is 14.6. The highest BCUT2D eigenvalue weighted by Gasteiger charge is 2.33. The zero-order valence-electron chi connectivity index (χ0n) is 14.6. The number of carbonyl (C=O) groups excluding carboxylic acids is 2. The van der Waals surface area contributed by atoms with Crippen LogP contribution in [0, 0.1) is 5.82 Å². The molecule has 1 fully saturated rings. The van der Waals surface area contributed by atoms with Gasteiger partial charge in [0.25, 0.3) is 0 Å². The number of hydrogen-bond acceptors (Lipinski definition) is 2. The van der Waals surface area contributed by atoms with E-state index in [-0.39, 0.29) is 30.1 Å². The quantitative estimate of drug-likeness (QED) is 0.795. The second kappa shape index (κ2) is 6.94. The van der Waals surface area contributed by atoms with Crippen molar-refractivity contribution >= 4 is 11.8 Å². The highest BCUT2D eigenvalue weighted by atomic mass is 19.1. The van der Waals surface area contributed by atoms with Crippen LogP contribution < -0.4 is 0 Å². The molecule has 1 aromatic carbocycles. The molecule has 136 valence electrons. The number of benzene rings is 1. The first-order chi connectivity index (χ1) is 12.6. The highest BCUT2D eigenvalue weighted by Crippen LogP contribution is 2.33. The van der Waals surface area contributed by atoms with Crippen LogP contribution in [0.5, 0.6) is 0 Å². The molecule has 4 rings (SSSR count). The van der Waals surface area contributed by atoms with Gasteiger partial charge in [0.2, 0.25) is 11.8 Å². The summed E-state index contributed by atoms with van der Waals surface area (Å²) >= 11 is 0. The monoisotopic (exact) mass is 355 g/mol. The van der Waals surface area contributed by atoms with E-state index in [2.05, 4.69) is 4.57 Å². The first-order valence-corrected chi connectivity index (χ1v) is 9.11. The van der Waals surface area contributed by atoms with Gasteiger partial charge in [-0.1, -0.05) is 12.1 Å². The third-order valence-corrected chi connectivity index (χ3v) is 5.28. The molecule has 0 radical (unpaired) electrons. The normalized spacial score (nSPS) is 19.5. The minimum atomic E-state index is -0.367. The molecule has 0 spiro atoms. The van der Waals surface area contributed by atoms with Crippen LogP contribution in [0.4, 0.5) is 4.39 Å². The largest absolute Gasteiger partial charge is 0.348 e. The van der Waals surface area contributed by atoms with E-state index < -0.39 is 0 Å². The van der Waals surface area contributed by atoms with Crippen LogP contribution in [-0.4, -0.2) is 45.8 Å². The van der Waals surface area contributed by atoms with Crippen molar-refractivity contribution in [3.05, 3.63) is 59.7 Å². The lowest BCUT2D eigenvalue weighted by atomic mass is 9.99. The smallest absolute Gasteiger partial charge is 0.232 e. The van der Waals surface area contributed by atoms with E-state index in [4.69, 9.17) is 0 Å². The van der Waals surface area contributed by atoms with Crippen LogP contribution in [0.2, 0.25) is 0 Å². The molecule has 2 aliphatic heterocycles. The summed E-state index contributed by atoms with van der Waals surface area (Å²) in [5.41, 5.74) is 1.68. The number of carbonyl (C=O) groups is 2. The Morgan fingerprint density at radius 1 is 1.00 bits per heavy atom. The lowest BCUT2D eigenvalue weighted by Gasteiger charge is -2.37. The van der Waals surface area contributed by atoms with E-state index >= 15 is 0 Å². The third kappa shape index (κ3) is 3.11. The maximum Gasteiger partial charge on any atom is 0.232 e. The maximum atomic E-state index is 13.8. The molecule has 3 heterocycles. The predicted octanol–water partition coefficient (Wildman–Crippen LogP) is 2.57. The van der Waals surface area contributed by atoms with E-state index in [1.54, 1.807) is 15.9 Å². The van der Waals surface area contributed by atoms with Gasteiger partial charge in [-0.3, -0.25) is 9.59 Å². The van der Waals surface area contributed by atoms with Crippen LogP contribution in [0.1, 0.15) is 36.6 Å². The Labute approximate surface area is 152 Å². The lowest BCUT2D eigenvalue weighted by molar-refractivity contribution is -0.141. The van der Waals surface area contributed by atoms with Gasteiger partial charge in [0.1, 0.15) is 12.2 Å². The fourth-order valence-electron chi connectivity index (χ4n) is 3.99. The van der Waals surface area contributed by atoms with Gasteiger partial charge < -0.3 is 14.4 Å². The number of hydrogen-bond donors (Lipinski definition) is 0. The Kier molecular flexibility index (Phi) is 4.49. The molecule has 2 amide bonds. The van der Waals surface area contributed by atoms with Gasteiger partial charge in [-0.05, 0) is 42.7 Å². The second-order valence-electron chi connectivity index (χ2n) is 6.94. The lowest BCUT2D eigenvalue weighted by Crippen LogP contribution is -2.44. The molecular weight excluding hydrogens is 333 g/mol. The fraction of sp³-hybridized carbons (Fsp3) is 0.400. The zero-order chi connectivity index (χ0) is 18.1. The minimum Gasteiger partial charge on any atom is -0.348 e. The molecule has 5 nitrogen and oxygen atoms in total. The molecule has 1 aromatic heterocycles. The number of halogens is 1. The first kappa shape index (κ1) is 16.8. The Balaban J connectivity index is 1.61. The Bertz CT molecular complexity index is 826. The van der Waals surface area contributed by atoms with Crippen LogP contribution in [-0.2, 0) is 16.1 Å². The molecule has 1 atom stereocenters. The number of fused-ring (bicyclic) bond motifs is 1. The summed E-state index contributed by atoms with van der Waals surface area (Å²) in [6.07, 6.45) is 3.86. The van der Waals surface area contributed by atoms with Gasteiger partial charge in [0, 0.05) is 38.1 Å². The first-order valence-electron chi connectivity index (χ1n) is 9.11. The van der Waals surface area contributed by atoms with Gasteiger partial charge in [0.05, 0.1) is 6.04 Å². The average molecular weight is 355 g/mol. The van der Waals surface area contributed by atoms with Crippen molar-refractivity contribution in [2.75, 3.05) is 19.6 Å². The molecule has 0 N–H and O–H groups in total. The molecule has 2 aliphatic rings. The molecule has 6 heteroatoms. The number of aromatic nitrogens is 1. The Morgan fingerprint density at radius 3 is 2.58 bits per heavy atom. The van der Waals surface area contributed by atoms with Crippen molar-refractivity contribution in [1.82, 2.24) is 14.4 Å². The maximum absolute atomic E-state index is 13.8. The molecule has 0 saturated carbocycles. The van der Waals surface area contributed by atoms with Crippen LogP contribution in [0.3, 0.4) is 0 Å². The van der Waals surface area contributed by atoms with Crippen molar-refractivity contribution in [1.29, 1.82) is 0 Å². The Hall–Kier alpha value is -2.63. The topological polar surface area (TPSA) is 45.6 Å². The summed E-state index contributed by atoms with van der Waals surface area (Å²) in [5, 5.41) is 0. The van der Waals surface area contributed by atoms with E-state index in [1.807, 2.05) is 24.4 Å². The molecule has 0 bridgehead atoms.